The molecule has 1 aromatic carbocycles. The number of carbonyl (C=O) groups is 2. The summed E-state index contributed by atoms with van der Waals surface area (Å²) in [6, 6.07) is 9.91. The number of hydrogen-bond donors (Lipinski definition) is 1. The van der Waals surface area contributed by atoms with E-state index in [1.54, 1.807) is 35.7 Å². The number of methoxy groups -OCH3 is 1. The minimum absolute atomic E-state index is 0.322. The van der Waals surface area contributed by atoms with E-state index in [-0.39, 0.29) is 0 Å². The van der Waals surface area contributed by atoms with Gasteiger partial charge in [0.05, 0.1) is 18.2 Å². The normalized spacial score (nSPS) is 9.64. The molecule has 2 rings (SSSR count). The number of ether oxygens (including phenoxy) is 2. The van der Waals surface area contributed by atoms with Crippen LogP contribution in [0.5, 0.6) is 5.75 Å². The molecule has 0 bridgehead atoms. The van der Waals surface area contributed by atoms with E-state index in [1.807, 2.05) is 6.07 Å². The van der Waals surface area contributed by atoms with Gasteiger partial charge in [-0.3, -0.25) is 4.79 Å². The Bertz CT molecular complexity index is 716. The molecule has 0 fully saturated rings. The van der Waals surface area contributed by atoms with Crippen molar-refractivity contribution < 1.29 is 19.1 Å². The van der Waals surface area contributed by atoms with Crippen LogP contribution in [0.3, 0.4) is 0 Å². The predicted octanol–water partition coefficient (Wildman–Crippen LogP) is 2.42. The Morgan fingerprint density at radius 3 is 2.64 bits per heavy atom. The number of nitrogens with one attached hydrogen (secondary N) is 1. The van der Waals surface area contributed by atoms with Crippen LogP contribution in [-0.4, -0.2) is 25.6 Å². The number of rotatable bonds is 5. The molecular weight excluding hydrogens is 304 g/mol. The van der Waals surface area contributed by atoms with Gasteiger partial charge in [0.25, 0.3) is 5.91 Å². The summed E-state index contributed by atoms with van der Waals surface area (Å²) < 4.78 is 9.90. The van der Waals surface area contributed by atoms with Crippen molar-refractivity contribution in [2.45, 2.75) is 0 Å². The molecule has 0 saturated carbocycles. The summed E-state index contributed by atoms with van der Waals surface area (Å²) in [6.45, 7) is -0.423. The summed E-state index contributed by atoms with van der Waals surface area (Å²) in [5.41, 5.74) is 0.697. The molecule has 0 radical (unpaired) electrons. The average Bonchev–Trinajstić information content (AvgIpc) is 2.99. The van der Waals surface area contributed by atoms with Gasteiger partial charge in [0, 0.05) is 0 Å². The summed E-state index contributed by atoms with van der Waals surface area (Å²) in [5.74, 6) is -0.485. The summed E-state index contributed by atoms with van der Waals surface area (Å²) in [7, 11) is 1.53. The van der Waals surface area contributed by atoms with Crippen LogP contribution in [0.4, 0.5) is 5.00 Å². The maximum absolute atomic E-state index is 11.8. The van der Waals surface area contributed by atoms with Gasteiger partial charge in [-0.15, -0.1) is 11.3 Å². The second kappa shape index (κ2) is 7.24. The van der Waals surface area contributed by atoms with Gasteiger partial charge in [-0.25, -0.2) is 4.79 Å². The van der Waals surface area contributed by atoms with E-state index in [9.17, 15) is 9.59 Å². The summed E-state index contributed by atoms with van der Waals surface area (Å²) in [4.78, 5) is 23.5. The number of nitrogens with zero attached hydrogens (tertiary/aromatic N) is 1. The molecule has 0 spiro atoms. The zero-order valence-electron chi connectivity index (χ0n) is 11.7. The SMILES string of the molecule is COc1ccc(C(=O)OCC(=O)Nc2sccc2C#N)cc1. The molecule has 7 heteroatoms. The number of benzene rings is 1. The Kier molecular flexibility index (Phi) is 5.11. The molecule has 112 valence electrons. The quantitative estimate of drug-likeness (QED) is 0.856. The van der Waals surface area contributed by atoms with Crippen molar-refractivity contribution in [1.29, 1.82) is 5.26 Å². The molecule has 0 unspecified atom stereocenters. The highest BCUT2D eigenvalue weighted by atomic mass is 32.1. The van der Waals surface area contributed by atoms with Crippen LogP contribution >= 0.6 is 11.3 Å². The number of hydrogen-bond acceptors (Lipinski definition) is 6. The standard InChI is InChI=1S/C15H12N2O4S/c1-20-12-4-2-10(3-5-12)15(19)21-9-13(18)17-14-11(8-16)6-7-22-14/h2-7H,9H2,1H3,(H,17,18). The first-order chi connectivity index (χ1) is 10.6. The fourth-order valence-corrected chi connectivity index (χ4v) is 2.35. The van der Waals surface area contributed by atoms with Crippen molar-refractivity contribution >= 4 is 28.2 Å². The van der Waals surface area contributed by atoms with Crippen LogP contribution in [0.15, 0.2) is 35.7 Å². The lowest BCUT2D eigenvalue weighted by Gasteiger charge is -2.06. The Hall–Kier alpha value is -2.85. The van der Waals surface area contributed by atoms with Gasteiger partial charge in [-0.2, -0.15) is 5.26 Å². The fraction of sp³-hybridized carbons (Fsp3) is 0.133. The lowest BCUT2D eigenvalue weighted by atomic mass is 10.2. The molecule has 1 amide bonds. The molecule has 0 saturated heterocycles. The third kappa shape index (κ3) is 3.84. The maximum atomic E-state index is 11.8. The van der Waals surface area contributed by atoms with Gasteiger partial charge < -0.3 is 14.8 Å². The van der Waals surface area contributed by atoms with E-state index in [1.165, 1.54) is 18.4 Å². The number of amides is 1. The van der Waals surface area contributed by atoms with Crippen LogP contribution in [0.2, 0.25) is 0 Å². The average molecular weight is 316 g/mol. The van der Waals surface area contributed by atoms with E-state index < -0.39 is 18.5 Å². The van der Waals surface area contributed by atoms with Gasteiger partial charge in [-0.05, 0) is 35.7 Å². The Balaban J connectivity index is 1.88. The zero-order valence-corrected chi connectivity index (χ0v) is 12.5. The number of anilines is 1. The number of esters is 1. The second-order valence-corrected chi connectivity index (χ2v) is 5.04. The van der Waals surface area contributed by atoms with Crippen LogP contribution in [0.1, 0.15) is 15.9 Å². The molecule has 1 heterocycles. The number of thiophene rings is 1. The molecule has 6 nitrogen and oxygen atoms in total. The molecule has 1 N–H and O–H groups in total. The zero-order chi connectivity index (χ0) is 15.9. The van der Waals surface area contributed by atoms with E-state index in [0.29, 0.717) is 21.9 Å². The van der Waals surface area contributed by atoms with E-state index in [2.05, 4.69) is 5.32 Å². The van der Waals surface area contributed by atoms with Crippen molar-refractivity contribution in [1.82, 2.24) is 0 Å². The highest BCUT2D eigenvalue weighted by molar-refractivity contribution is 7.14. The molecule has 0 atom stereocenters. The van der Waals surface area contributed by atoms with E-state index in [0.717, 1.165) is 0 Å². The van der Waals surface area contributed by atoms with Crippen molar-refractivity contribution in [3.63, 3.8) is 0 Å². The van der Waals surface area contributed by atoms with Crippen molar-refractivity contribution in [3.05, 3.63) is 46.8 Å². The smallest absolute Gasteiger partial charge is 0.338 e. The molecule has 0 aliphatic carbocycles. The Labute approximate surface area is 130 Å². The second-order valence-electron chi connectivity index (χ2n) is 4.13. The fourth-order valence-electron chi connectivity index (χ4n) is 1.60. The predicted molar refractivity (Wildman–Crippen MR) is 80.9 cm³/mol. The first-order valence-corrected chi connectivity index (χ1v) is 7.10. The van der Waals surface area contributed by atoms with E-state index >= 15 is 0 Å². The minimum atomic E-state index is -0.607. The lowest BCUT2D eigenvalue weighted by Crippen LogP contribution is -2.20. The minimum Gasteiger partial charge on any atom is -0.497 e. The third-order valence-electron chi connectivity index (χ3n) is 2.70. The first-order valence-electron chi connectivity index (χ1n) is 6.22. The third-order valence-corrected chi connectivity index (χ3v) is 3.53. The maximum Gasteiger partial charge on any atom is 0.338 e. The summed E-state index contributed by atoms with van der Waals surface area (Å²) in [6.07, 6.45) is 0. The van der Waals surface area contributed by atoms with E-state index in [4.69, 9.17) is 14.7 Å². The molecule has 1 aromatic heterocycles. The first kappa shape index (κ1) is 15.5. The van der Waals surface area contributed by atoms with Gasteiger partial charge in [0.1, 0.15) is 16.8 Å². The van der Waals surface area contributed by atoms with Crippen molar-refractivity contribution in [2.24, 2.45) is 0 Å². The van der Waals surface area contributed by atoms with Crippen LogP contribution in [-0.2, 0) is 9.53 Å². The highest BCUT2D eigenvalue weighted by Crippen LogP contribution is 2.21. The summed E-state index contributed by atoms with van der Waals surface area (Å²) >= 11 is 1.23. The van der Waals surface area contributed by atoms with Gasteiger partial charge >= 0.3 is 5.97 Å². The summed E-state index contributed by atoms with van der Waals surface area (Å²) in [5, 5.41) is 13.5. The largest absolute Gasteiger partial charge is 0.497 e. The monoisotopic (exact) mass is 316 g/mol. The molecule has 22 heavy (non-hydrogen) atoms. The van der Waals surface area contributed by atoms with Crippen LogP contribution in [0.25, 0.3) is 0 Å². The van der Waals surface area contributed by atoms with Crippen molar-refractivity contribution in [2.75, 3.05) is 19.0 Å². The van der Waals surface area contributed by atoms with Crippen LogP contribution < -0.4 is 10.1 Å². The molecular formula is C15H12N2O4S. The number of nitriles is 1. The van der Waals surface area contributed by atoms with Crippen LogP contribution in [0, 0.1) is 11.3 Å². The molecule has 0 aliphatic rings. The topological polar surface area (TPSA) is 88.4 Å². The molecule has 0 aliphatic heterocycles. The van der Waals surface area contributed by atoms with Gasteiger partial charge in [0.15, 0.2) is 6.61 Å². The Morgan fingerprint density at radius 2 is 2.00 bits per heavy atom. The Morgan fingerprint density at radius 1 is 1.27 bits per heavy atom. The highest BCUT2D eigenvalue weighted by Gasteiger charge is 2.12. The lowest BCUT2D eigenvalue weighted by molar-refractivity contribution is -0.119. The number of carbonyl (C=O) groups excluding carboxylic acids is 2. The van der Waals surface area contributed by atoms with Crippen molar-refractivity contribution in [3.8, 4) is 11.8 Å². The molecule has 2 aromatic rings. The van der Waals surface area contributed by atoms with Gasteiger partial charge in [0.2, 0.25) is 0 Å². The van der Waals surface area contributed by atoms with Gasteiger partial charge in [-0.1, -0.05) is 0 Å².